The van der Waals surface area contributed by atoms with E-state index in [-0.39, 0.29) is 17.5 Å². The average molecular weight is 418 g/mol. The molecule has 0 radical (unpaired) electrons. The molecule has 3 aromatic rings. The number of halogens is 1. The van der Waals surface area contributed by atoms with E-state index in [4.69, 9.17) is 21.1 Å². The summed E-state index contributed by atoms with van der Waals surface area (Å²) in [6, 6.07) is 7.91. The normalized spacial score (nSPS) is 12.1. The molecule has 28 heavy (non-hydrogen) atoms. The predicted octanol–water partition coefficient (Wildman–Crippen LogP) is 4.66. The van der Waals surface area contributed by atoms with Crippen LogP contribution in [0.4, 0.5) is 10.8 Å². The van der Waals surface area contributed by atoms with Crippen molar-refractivity contribution in [3.63, 3.8) is 0 Å². The summed E-state index contributed by atoms with van der Waals surface area (Å²) in [5.74, 6) is 0.413. The van der Waals surface area contributed by atoms with Gasteiger partial charge >= 0.3 is 0 Å². The third-order valence-corrected chi connectivity index (χ3v) is 5.15. The van der Waals surface area contributed by atoms with Crippen molar-refractivity contribution in [2.75, 3.05) is 12.1 Å². The van der Waals surface area contributed by atoms with Crippen LogP contribution in [-0.4, -0.2) is 22.6 Å². The monoisotopic (exact) mass is 417 g/mol. The van der Waals surface area contributed by atoms with Crippen LogP contribution in [0.15, 0.2) is 35.7 Å². The standard InChI is InChI=1S/C18H12ClN3O5S/c1-9-2-3-10(5-14(9)22(24)25)13-7-28-18(20-13)21-17(23)11-4-12(19)16-15(6-11)26-8-27-16/h2-7H,8H2,1H3,(H,20,21,23). The topological polar surface area (TPSA) is 104 Å². The van der Waals surface area contributed by atoms with Crippen LogP contribution in [0.5, 0.6) is 11.5 Å². The first-order chi connectivity index (χ1) is 13.4. The van der Waals surface area contributed by atoms with Gasteiger partial charge in [0.1, 0.15) is 0 Å². The van der Waals surface area contributed by atoms with Crippen LogP contribution in [0, 0.1) is 17.0 Å². The zero-order valence-electron chi connectivity index (χ0n) is 14.4. The minimum Gasteiger partial charge on any atom is -0.454 e. The van der Waals surface area contributed by atoms with Gasteiger partial charge in [0.15, 0.2) is 16.6 Å². The van der Waals surface area contributed by atoms with E-state index in [9.17, 15) is 14.9 Å². The first-order valence-corrected chi connectivity index (χ1v) is 9.29. The van der Waals surface area contributed by atoms with Gasteiger partial charge in [0.05, 0.1) is 15.6 Å². The second kappa shape index (κ2) is 7.10. The molecule has 1 amide bonds. The zero-order valence-corrected chi connectivity index (χ0v) is 16.0. The molecule has 0 saturated carbocycles. The van der Waals surface area contributed by atoms with Gasteiger partial charge in [-0.05, 0) is 19.1 Å². The Morgan fingerprint density at radius 1 is 1.32 bits per heavy atom. The van der Waals surface area contributed by atoms with Crippen molar-refractivity contribution in [2.24, 2.45) is 0 Å². The number of nitrogens with zero attached hydrogens (tertiary/aromatic N) is 2. The molecule has 10 heteroatoms. The van der Waals surface area contributed by atoms with Gasteiger partial charge < -0.3 is 9.47 Å². The Labute approximate surface area is 167 Å². The fourth-order valence-electron chi connectivity index (χ4n) is 2.70. The molecule has 142 valence electrons. The minimum absolute atomic E-state index is 0.0195. The number of hydrogen-bond donors (Lipinski definition) is 1. The maximum absolute atomic E-state index is 12.5. The Balaban J connectivity index is 1.56. The van der Waals surface area contributed by atoms with E-state index in [1.807, 2.05) is 0 Å². The lowest BCUT2D eigenvalue weighted by atomic mass is 10.1. The smallest absolute Gasteiger partial charge is 0.272 e. The summed E-state index contributed by atoms with van der Waals surface area (Å²) in [4.78, 5) is 27.5. The molecule has 1 aliphatic heterocycles. The van der Waals surface area contributed by atoms with E-state index in [0.29, 0.717) is 39.0 Å². The molecule has 0 atom stereocenters. The van der Waals surface area contributed by atoms with Crippen molar-refractivity contribution < 1.29 is 19.2 Å². The van der Waals surface area contributed by atoms with E-state index in [1.165, 1.54) is 23.5 Å². The number of benzene rings is 2. The molecule has 0 bridgehead atoms. The SMILES string of the molecule is Cc1ccc(-c2csc(NC(=O)c3cc(Cl)c4c(c3)OCO4)n2)cc1[N+](=O)[O-]. The summed E-state index contributed by atoms with van der Waals surface area (Å²) < 4.78 is 10.5. The molecule has 8 nitrogen and oxygen atoms in total. The van der Waals surface area contributed by atoms with Gasteiger partial charge in [-0.2, -0.15) is 0 Å². The molecule has 0 saturated heterocycles. The molecule has 2 aromatic carbocycles. The number of carbonyl (C=O) groups excluding carboxylic acids is 1. The number of aryl methyl sites for hydroxylation is 1. The van der Waals surface area contributed by atoms with Gasteiger partial charge in [0.25, 0.3) is 11.6 Å². The largest absolute Gasteiger partial charge is 0.454 e. The van der Waals surface area contributed by atoms with E-state index in [2.05, 4.69) is 10.3 Å². The number of rotatable bonds is 4. The van der Waals surface area contributed by atoms with E-state index < -0.39 is 10.8 Å². The number of hydrogen-bond acceptors (Lipinski definition) is 7. The Morgan fingerprint density at radius 3 is 2.93 bits per heavy atom. The summed E-state index contributed by atoms with van der Waals surface area (Å²) in [7, 11) is 0. The lowest BCUT2D eigenvalue weighted by Crippen LogP contribution is -2.11. The van der Waals surface area contributed by atoms with Gasteiger partial charge in [-0.15, -0.1) is 11.3 Å². The van der Waals surface area contributed by atoms with E-state index in [1.54, 1.807) is 30.5 Å². The Kier molecular flexibility index (Phi) is 4.62. The van der Waals surface area contributed by atoms with Crippen LogP contribution >= 0.6 is 22.9 Å². The Morgan fingerprint density at radius 2 is 2.14 bits per heavy atom. The Hall–Kier alpha value is -3.17. The van der Waals surface area contributed by atoms with Crippen molar-refractivity contribution in [3.8, 4) is 22.8 Å². The number of nitro groups is 1. The van der Waals surface area contributed by atoms with Crippen molar-refractivity contribution >= 4 is 39.7 Å². The number of ether oxygens (including phenoxy) is 2. The lowest BCUT2D eigenvalue weighted by Gasteiger charge is -2.05. The van der Waals surface area contributed by atoms with Crippen LogP contribution in [0.25, 0.3) is 11.3 Å². The molecular formula is C18H12ClN3O5S. The maximum atomic E-state index is 12.5. The quantitative estimate of drug-likeness (QED) is 0.489. The number of carbonyl (C=O) groups is 1. The molecule has 2 heterocycles. The van der Waals surface area contributed by atoms with Gasteiger partial charge in [-0.1, -0.05) is 23.7 Å². The summed E-state index contributed by atoms with van der Waals surface area (Å²) >= 11 is 7.32. The van der Waals surface area contributed by atoms with Crippen LogP contribution < -0.4 is 14.8 Å². The van der Waals surface area contributed by atoms with Crippen LogP contribution in [0.2, 0.25) is 5.02 Å². The number of nitrogens with one attached hydrogen (secondary N) is 1. The highest BCUT2D eigenvalue weighted by atomic mass is 35.5. The first kappa shape index (κ1) is 18.2. The average Bonchev–Trinajstić information content (AvgIpc) is 3.31. The molecule has 0 fully saturated rings. The van der Waals surface area contributed by atoms with Crippen molar-refractivity contribution in [2.45, 2.75) is 6.92 Å². The maximum Gasteiger partial charge on any atom is 0.272 e. The summed E-state index contributed by atoms with van der Waals surface area (Å²) in [6.07, 6.45) is 0. The highest BCUT2D eigenvalue weighted by Gasteiger charge is 2.21. The van der Waals surface area contributed by atoms with Gasteiger partial charge in [0, 0.05) is 28.1 Å². The highest BCUT2D eigenvalue weighted by Crippen LogP contribution is 2.40. The van der Waals surface area contributed by atoms with Gasteiger partial charge in [-0.3, -0.25) is 20.2 Å². The van der Waals surface area contributed by atoms with E-state index in [0.717, 1.165) is 0 Å². The number of thiazole rings is 1. The summed E-state index contributed by atoms with van der Waals surface area (Å²) in [6.45, 7) is 1.73. The fraction of sp³-hybridized carbons (Fsp3) is 0.111. The molecule has 0 unspecified atom stereocenters. The zero-order chi connectivity index (χ0) is 19.8. The number of aromatic nitrogens is 1. The van der Waals surface area contributed by atoms with Gasteiger partial charge in [-0.25, -0.2) is 4.98 Å². The number of fused-ring (bicyclic) bond motifs is 1. The second-order valence-electron chi connectivity index (χ2n) is 5.94. The highest BCUT2D eigenvalue weighted by molar-refractivity contribution is 7.14. The number of amides is 1. The van der Waals surface area contributed by atoms with Crippen LogP contribution in [-0.2, 0) is 0 Å². The predicted molar refractivity (Wildman–Crippen MR) is 104 cm³/mol. The molecule has 1 N–H and O–H groups in total. The second-order valence-corrected chi connectivity index (χ2v) is 7.21. The van der Waals surface area contributed by atoms with Crippen molar-refractivity contribution in [1.29, 1.82) is 0 Å². The molecule has 1 aliphatic rings. The lowest BCUT2D eigenvalue weighted by molar-refractivity contribution is -0.385. The number of anilines is 1. The molecule has 4 rings (SSSR count). The van der Waals surface area contributed by atoms with Crippen molar-refractivity contribution in [1.82, 2.24) is 4.98 Å². The van der Waals surface area contributed by atoms with Crippen molar-refractivity contribution in [3.05, 3.63) is 62.0 Å². The minimum atomic E-state index is -0.433. The molecule has 0 spiro atoms. The van der Waals surface area contributed by atoms with Crippen LogP contribution in [0.1, 0.15) is 15.9 Å². The third-order valence-electron chi connectivity index (χ3n) is 4.12. The fourth-order valence-corrected chi connectivity index (χ4v) is 3.68. The summed E-state index contributed by atoms with van der Waals surface area (Å²) in [5, 5.41) is 16.2. The van der Waals surface area contributed by atoms with Crippen LogP contribution in [0.3, 0.4) is 0 Å². The Bertz CT molecular complexity index is 1110. The third kappa shape index (κ3) is 3.37. The summed E-state index contributed by atoms with van der Waals surface area (Å²) in [5.41, 5.74) is 2.02. The molecular weight excluding hydrogens is 406 g/mol. The van der Waals surface area contributed by atoms with Gasteiger partial charge in [0.2, 0.25) is 6.79 Å². The molecule has 1 aromatic heterocycles. The first-order valence-electron chi connectivity index (χ1n) is 8.04. The number of nitro benzene ring substituents is 1. The van der Waals surface area contributed by atoms with E-state index >= 15 is 0 Å². The molecule has 0 aliphatic carbocycles.